The van der Waals surface area contributed by atoms with Crippen LogP contribution in [0.2, 0.25) is 0 Å². The zero-order valence-electron chi connectivity index (χ0n) is 11.6. The molecule has 2 N–H and O–H groups in total. The van der Waals surface area contributed by atoms with Crippen LogP contribution in [0.1, 0.15) is 47.0 Å². The molecule has 0 amide bonds. The van der Waals surface area contributed by atoms with Crippen molar-refractivity contribution in [1.29, 1.82) is 0 Å². The molecule has 0 aliphatic carbocycles. The predicted octanol–water partition coefficient (Wildman–Crippen LogP) is 2.58. The lowest BCUT2D eigenvalue weighted by Gasteiger charge is -2.23. The number of ether oxygens (including phenoxy) is 2. The number of hydrogen-bond donors (Lipinski definition) is 1. The maximum atomic E-state index is 5.66. The predicted molar refractivity (Wildman–Crippen MR) is 68.6 cm³/mol. The van der Waals surface area contributed by atoms with E-state index in [2.05, 4.69) is 27.7 Å². The van der Waals surface area contributed by atoms with Gasteiger partial charge in [-0.2, -0.15) is 0 Å². The average Bonchev–Trinajstić information content (AvgIpc) is 2.23. The van der Waals surface area contributed by atoms with Crippen molar-refractivity contribution in [3.63, 3.8) is 0 Å². The van der Waals surface area contributed by atoms with Gasteiger partial charge in [-0.25, -0.2) is 0 Å². The largest absolute Gasteiger partial charge is 0.381 e. The van der Waals surface area contributed by atoms with Crippen LogP contribution in [0.15, 0.2) is 0 Å². The van der Waals surface area contributed by atoms with Gasteiger partial charge in [0.05, 0.1) is 5.60 Å². The fraction of sp³-hybridized carbons (Fsp3) is 1.00. The van der Waals surface area contributed by atoms with Crippen molar-refractivity contribution in [3.8, 4) is 0 Å². The lowest BCUT2D eigenvalue weighted by molar-refractivity contribution is -0.0107. The molecule has 0 radical (unpaired) electrons. The van der Waals surface area contributed by atoms with Crippen LogP contribution in [-0.4, -0.2) is 32.5 Å². The second-order valence-electron chi connectivity index (χ2n) is 5.80. The molecule has 0 aromatic heterocycles. The van der Waals surface area contributed by atoms with E-state index in [9.17, 15) is 0 Å². The molecule has 0 aliphatic rings. The van der Waals surface area contributed by atoms with Gasteiger partial charge in [-0.1, -0.05) is 13.8 Å². The lowest BCUT2D eigenvalue weighted by Crippen LogP contribution is -2.25. The van der Waals surface area contributed by atoms with Crippen LogP contribution in [0.5, 0.6) is 0 Å². The Kier molecular flexibility index (Phi) is 7.20. The minimum absolute atomic E-state index is 0.0729. The van der Waals surface area contributed by atoms with Gasteiger partial charge < -0.3 is 15.2 Å². The van der Waals surface area contributed by atoms with E-state index >= 15 is 0 Å². The summed E-state index contributed by atoms with van der Waals surface area (Å²) in [5, 5.41) is 0. The van der Waals surface area contributed by atoms with Gasteiger partial charge >= 0.3 is 0 Å². The van der Waals surface area contributed by atoms with Gasteiger partial charge in [0.15, 0.2) is 0 Å². The summed E-state index contributed by atoms with van der Waals surface area (Å²) in [7, 11) is 1.74. The van der Waals surface area contributed by atoms with E-state index in [0.29, 0.717) is 0 Å². The summed E-state index contributed by atoms with van der Waals surface area (Å²) in [5.74, 6) is 0. The normalized spacial score (nSPS) is 13.1. The molecular weight excluding hydrogens is 202 g/mol. The maximum Gasteiger partial charge on any atom is 0.0644 e. The summed E-state index contributed by atoms with van der Waals surface area (Å²) >= 11 is 0. The van der Waals surface area contributed by atoms with E-state index in [4.69, 9.17) is 15.2 Å². The third-order valence-corrected chi connectivity index (χ3v) is 3.10. The van der Waals surface area contributed by atoms with E-state index in [1.807, 2.05) is 0 Å². The number of rotatable bonds is 9. The van der Waals surface area contributed by atoms with E-state index in [1.165, 1.54) is 0 Å². The molecule has 0 saturated heterocycles. The summed E-state index contributed by atoms with van der Waals surface area (Å²) in [5.41, 5.74) is 5.84. The molecule has 0 aliphatic heterocycles. The third kappa shape index (κ3) is 8.08. The minimum atomic E-state index is -0.0729. The fourth-order valence-corrected chi connectivity index (χ4v) is 1.28. The standard InChI is InChI=1S/C13H29NO2/c1-12(2,11-14)7-6-9-16-10-8-13(3,4)15-5/h6-11,14H2,1-5H3. The van der Waals surface area contributed by atoms with Crippen LogP contribution in [0.25, 0.3) is 0 Å². The molecule has 3 heteroatoms. The Bertz CT molecular complexity index is 159. The van der Waals surface area contributed by atoms with Crippen LogP contribution in [-0.2, 0) is 9.47 Å². The van der Waals surface area contributed by atoms with Crippen molar-refractivity contribution in [2.24, 2.45) is 11.1 Å². The molecule has 0 bridgehead atoms. The highest BCUT2D eigenvalue weighted by molar-refractivity contribution is 4.69. The third-order valence-electron chi connectivity index (χ3n) is 3.10. The summed E-state index contributed by atoms with van der Waals surface area (Å²) in [6.45, 7) is 10.9. The van der Waals surface area contributed by atoms with Crippen LogP contribution in [0, 0.1) is 5.41 Å². The first kappa shape index (κ1) is 15.9. The summed E-state index contributed by atoms with van der Waals surface area (Å²) < 4.78 is 10.9. The zero-order chi connectivity index (χ0) is 12.7. The number of hydrogen-bond acceptors (Lipinski definition) is 3. The van der Waals surface area contributed by atoms with Crippen molar-refractivity contribution >= 4 is 0 Å². The molecule has 0 atom stereocenters. The zero-order valence-corrected chi connectivity index (χ0v) is 11.6. The Morgan fingerprint density at radius 1 is 1.00 bits per heavy atom. The first-order valence-electron chi connectivity index (χ1n) is 6.16. The molecule has 0 aromatic carbocycles. The van der Waals surface area contributed by atoms with Gasteiger partial charge in [0.2, 0.25) is 0 Å². The Morgan fingerprint density at radius 3 is 2.12 bits per heavy atom. The van der Waals surface area contributed by atoms with Crippen molar-refractivity contribution in [1.82, 2.24) is 0 Å². The quantitative estimate of drug-likeness (QED) is 0.620. The molecule has 16 heavy (non-hydrogen) atoms. The Labute approximate surface area is 101 Å². The maximum absolute atomic E-state index is 5.66. The van der Waals surface area contributed by atoms with Crippen LogP contribution in [0.3, 0.4) is 0 Å². The average molecular weight is 231 g/mol. The molecule has 0 spiro atoms. The Hall–Kier alpha value is -0.120. The summed E-state index contributed by atoms with van der Waals surface area (Å²) in [6, 6.07) is 0. The van der Waals surface area contributed by atoms with Gasteiger partial charge in [0.1, 0.15) is 0 Å². The van der Waals surface area contributed by atoms with E-state index in [-0.39, 0.29) is 11.0 Å². The highest BCUT2D eigenvalue weighted by Gasteiger charge is 2.16. The van der Waals surface area contributed by atoms with E-state index in [0.717, 1.165) is 39.0 Å². The smallest absolute Gasteiger partial charge is 0.0644 e. The molecule has 0 fully saturated rings. The molecular formula is C13H29NO2. The highest BCUT2D eigenvalue weighted by Crippen LogP contribution is 2.20. The summed E-state index contributed by atoms with van der Waals surface area (Å²) in [4.78, 5) is 0. The lowest BCUT2D eigenvalue weighted by atomic mass is 9.88. The second-order valence-corrected chi connectivity index (χ2v) is 5.80. The number of methoxy groups -OCH3 is 1. The fourth-order valence-electron chi connectivity index (χ4n) is 1.28. The second kappa shape index (κ2) is 7.25. The van der Waals surface area contributed by atoms with Gasteiger partial charge in [-0.05, 0) is 45.1 Å². The van der Waals surface area contributed by atoms with Crippen molar-refractivity contribution < 1.29 is 9.47 Å². The van der Waals surface area contributed by atoms with Gasteiger partial charge in [0, 0.05) is 20.3 Å². The summed E-state index contributed by atoms with van der Waals surface area (Å²) in [6.07, 6.45) is 3.14. The topological polar surface area (TPSA) is 44.5 Å². The van der Waals surface area contributed by atoms with Gasteiger partial charge in [0.25, 0.3) is 0 Å². The molecule has 0 saturated carbocycles. The van der Waals surface area contributed by atoms with Crippen molar-refractivity contribution in [2.75, 3.05) is 26.9 Å². The van der Waals surface area contributed by atoms with E-state index < -0.39 is 0 Å². The van der Waals surface area contributed by atoms with Gasteiger partial charge in [-0.15, -0.1) is 0 Å². The van der Waals surface area contributed by atoms with Crippen LogP contribution in [0.4, 0.5) is 0 Å². The number of nitrogens with two attached hydrogens (primary N) is 1. The SMILES string of the molecule is COC(C)(C)CCOCCCC(C)(C)CN. The Morgan fingerprint density at radius 2 is 1.62 bits per heavy atom. The van der Waals surface area contributed by atoms with Crippen molar-refractivity contribution in [2.45, 2.75) is 52.6 Å². The molecule has 0 unspecified atom stereocenters. The first-order valence-corrected chi connectivity index (χ1v) is 6.16. The minimum Gasteiger partial charge on any atom is -0.381 e. The first-order chi connectivity index (χ1) is 7.33. The van der Waals surface area contributed by atoms with E-state index in [1.54, 1.807) is 7.11 Å². The molecule has 3 nitrogen and oxygen atoms in total. The van der Waals surface area contributed by atoms with Crippen LogP contribution < -0.4 is 5.73 Å². The molecule has 0 heterocycles. The molecule has 0 aromatic rings. The molecule has 98 valence electrons. The molecule has 0 rings (SSSR count). The van der Waals surface area contributed by atoms with Crippen LogP contribution >= 0.6 is 0 Å². The van der Waals surface area contributed by atoms with Gasteiger partial charge in [-0.3, -0.25) is 0 Å². The monoisotopic (exact) mass is 231 g/mol. The van der Waals surface area contributed by atoms with Crippen molar-refractivity contribution in [3.05, 3.63) is 0 Å². The highest BCUT2D eigenvalue weighted by atomic mass is 16.5. The Balaban J connectivity index is 3.42.